The minimum atomic E-state index is -4.83. The van der Waals surface area contributed by atoms with Gasteiger partial charge in [-0.15, -0.1) is 0 Å². The van der Waals surface area contributed by atoms with Gasteiger partial charge in [0.15, 0.2) is 0 Å². The smallest absolute Gasteiger partial charge is 0.427 e. The van der Waals surface area contributed by atoms with E-state index < -0.39 is 17.7 Å². The Balaban J connectivity index is 1.82. The van der Waals surface area contributed by atoms with E-state index in [1.165, 1.54) is 30.2 Å². The van der Waals surface area contributed by atoms with Crippen LogP contribution in [-0.4, -0.2) is 24.4 Å². The van der Waals surface area contributed by atoms with E-state index in [4.69, 9.17) is 4.74 Å². The van der Waals surface area contributed by atoms with E-state index in [1.54, 1.807) is 24.3 Å². The molecular weight excluding hydrogens is 409 g/mol. The lowest BCUT2D eigenvalue weighted by atomic mass is 9.85. The van der Waals surface area contributed by atoms with Gasteiger partial charge in [-0.3, -0.25) is 4.90 Å². The molecule has 2 amide bonds. The molecule has 2 N–H and O–H groups in total. The summed E-state index contributed by atoms with van der Waals surface area (Å²) in [6.07, 6.45) is -3.31. The van der Waals surface area contributed by atoms with Gasteiger partial charge in [0.05, 0.1) is 25.9 Å². The first-order chi connectivity index (χ1) is 14.8. The molecule has 1 saturated carbocycles. The molecule has 1 atom stereocenters. The van der Waals surface area contributed by atoms with Crippen molar-refractivity contribution in [2.45, 2.75) is 37.7 Å². The quantitative estimate of drug-likeness (QED) is 0.719. The van der Waals surface area contributed by atoms with Crippen LogP contribution in [-0.2, 0) is 18.7 Å². The number of hydrogen-bond acceptors (Lipinski definition) is 3. The van der Waals surface area contributed by atoms with Crippen molar-refractivity contribution in [1.82, 2.24) is 5.32 Å². The predicted octanol–water partition coefficient (Wildman–Crippen LogP) is 4.09. The Kier molecular flexibility index (Phi) is 5.31. The van der Waals surface area contributed by atoms with Gasteiger partial charge in [-0.1, -0.05) is 36.1 Å². The van der Waals surface area contributed by atoms with Crippen LogP contribution >= 0.6 is 0 Å². The number of methoxy groups -OCH3 is 1. The maximum absolute atomic E-state index is 14.3. The number of urea groups is 1. The van der Waals surface area contributed by atoms with Crippen LogP contribution in [0.2, 0.25) is 0 Å². The van der Waals surface area contributed by atoms with Gasteiger partial charge in [0.25, 0.3) is 0 Å². The second kappa shape index (κ2) is 7.82. The van der Waals surface area contributed by atoms with Gasteiger partial charge in [0.2, 0.25) is 5.54 Å². The van der Waals surface area contributed by atoms with Crippen LogP contribution in [0.15, 0.2) is 42.5 Å². The fraction of sp³-hybridized carbons (Fsp3) is 0.348. The summed E-state index contributed by atoms with van der Waals surface area (Å²) in [4.78, 5) is 14.2. The number of fused-ring (bicyclic) bond motifs is 1. The van der Waals surface area contributed by atoms with Crippen molar-refractivity contribution in [2.24, 2.45) is 5.92 Å². The molecule has 0 saturated heterocycles. The number of halogens is 3. The minimum absolute atomic E-state index is 0.0434. The lowest BCUT2D eigenvalue weighted by Gasteiger charge is -2.42. The fourth-order valence-electron chi connectivity index (χ4n) is 3.52. The van der Waals surface area contributed by atoms with E-state index in [2.05, 4.69) is 17.2 Å². The minimum Gasteiger partial charge on any atom is -0.497 e. The molecule has 0 bridgehead atoms. The third kappa shape index (κ3) is 3.93. The summed E-state index contributed by atoms with van der Waals surface area (Å²) in [5, 5.41) is 11.7. The highest BCUT2D eigenvalue weighted by molar-refractivity contribution is 5.97. The molecule has 2 aliphatic rings. The van der Waals surface area contributed by atoms with Crippen molar-refractivity contribution in [2.75, 3.05) is 12.0 Å². The van der Waals surface area contributed by atoms with E-state index in [0.717, 1.165) is 12.8 Å². The molecule has 31 heavy (non-hydrogen) atoms. The molecule has 1 aliphatic heterocycles. The van der Waals surface area contributed by atoms with Crippen molar-refractivity contribution in [3.63, 3.8) is 0 Å². The van der Waals surface area contributed by atoms with Crippen LogP contribution in [0.25, 0.3) is 0 Å². The van der Waals surface area contributed by atoms with Crippen molar-refractivity contribution < 1.29 is 27.8 Å². The number of hydrogen-bond donors (Lipinski definition) is 2. The standard InChI is InChI=1S/C23H21F3N2O3/c1-31-18-7-4-16(5-8-18)13-28-20-12-17(14-29)6-9-19(20)22(23(24,25)26,27-21(28)30)11-10-15-2-3-15/h4-9,12,15,29H,2-3,13-14H2,1H3,(H,27,30)/t22-/m0/s1. The maximum atomic E-state index is 14.3. The maximum Gasteiger partial charge on any atom is 0.427 e. The number of aliphatic hydroxyl groups excluding tert-OH is 1. The van der Waals surface area contributed by atoms with Gasteiger partial charge in [-0.05, 0) is 42.2 Å². The zero-order valence-electron chi connectivity index (χ0n) is 16.8. The molecule has 0 unspecified atom stereocenters. The van der Waals surface area contributed by atoms with Gasteiger partial charge in [0.1, 0.15) is 5.75 Å². The number of anilines is 1. The number of carbonyl (C=O) groups is 1. The monoisotopic (exact) mass is 430 g/mol. The highest BCUT2D eigenvalue weighted by Gasteiger charge is 2.60. The van der Waals surface area contributed by atoms with Crippen LogP contribution in [0.5, 0.6) is 5.75 Å². The number of nitrogens with zero attached hydrogens (tertiary/aromatic N) is 1. The van der Waals surface area contributed by atoms with Crippen LogP contribution in [0.4, 0.5) is 23.7 Å². The zero-order chi connectivity index (χ0) is 22.2. The molecule has 162 valence electrons. The summed E-state index contributed by atoms with van der Waals surface area (Å²) in [5.74, 6) is 5.57. The first-order valence-electron chi connectivity index (χ1n) is 9.83. The fourth-order valence-corrected chi connectivity index (χ4v) is 3.52. The van der Waals surface area contributed by atoms with Crippen molar-refractivity contribution in [3.05, 3.63) is 59.2 Å². The number of carbonyl (C=O) groups excluding carboxylic acids is 1. The molecule has 8 heteroatoms. The molecule has 1 heterocycles. The van der Waals surface area contributed by atoms with E-state index >= 15 is 0 Å². The predicted molar refractivity (Wildman–Crippen MR) is 108 cm³/mol. The molecule has 4 rings (SSSR count). The number of ether oxygens (including phenoxy) is 1. The van der Waals surface area contributed by atoms with Gasteiger partial charge < -0.3 is 15.2 Å². The van der Waals surface area contributed by atoms with Gasteiger partial charge in [-0.2, -0.15) is 13.2 Å². The molecule has 1 aliphatic carbocycles. The second-order valence-corrected chi connectivity index (χ2v) is 7.67. The van der Waals surface area contributed by atoms with Crippen LogP contribution in [0.3, 0.4) is 0 Å². The molecule has 1 fully saturated rings. The average Bonchev–Trinajstić information content (AvgIpc) is 3.58. The lowest BCUT2D eigenvalue weighted by Crippen LogP contribution is -2.62. The Hall–Kier alpha value is -3.18. The highest BCUT2D eigenvalue weighted by Crippen LogP contribution is 2.46. The average molecular weight is 430 g/mol. The first-order valence-corrected chi connectivity index (χ1v) is 9.83. The number of rotatable bonds is 4. The van der Waals surface area contributed by atoms with Gasteiger partial charge >= 0.3 is 12.2 Å². The summed E-state index contributed by atoms with van der Waals surface area (Å²) in [6.45, 7) is -0.320. The normalized spacial score (nSPS) is 20.4. The Bertz CT molecular complexity index is 1050. The van der Waals surface area contributed by atoms with E-state index in [0.29, 0.717) is 16.9 Å². The summed E-state index contributed by atoms with van der Waals surface area (Å²) in [7, 11) is 1.53. The van der Waals surface area contributed by atoms with E-state index in [1.807, 2.05) is 0 Å². The SMILES string of the molecule is COc1ccc(CN2C(=O)N[C@](C#CC3CC3)(C(F)(F)F)c3ccc(CO)cc32)cc1. The molecular formula is C23H21F3N2O3. The Morgan fingerprint density at radius 1 is 1.19 bits per heavy atom. The van der Waals surface area contributed by atoms with Crippen LogP contribution < -0.4 is 15.0 Å². The first kappa shape index (κ1) is 21.1. The number of amides is 2. The zero-order valence-corrected chi connectivity index (χ0v) is 16.8. The summed E-state index contributed by atoms with van der Waals surface area (Å²) < 4.78 is 48.1. The van der Waals surface area contributed by atoms with Crippen molar-refractivity contribution >= 4 is 11.7 Å². The number of aliphatic hydroxyl groups is 1. The summed E-state index contributed by atoms with van der Waals surface area (Å²) in [5.41, 5.74) is -1.77. The lowest BCUT2D eigenvalue weighted by molar-refractivity contribution is -0.179. The summed E-state index contributed by atoms with van der Waals surface area (Å²) >= 11 is 0. The Morgan fingerprint density at radius 3 is 2.45 bits per heavy atom. The number of benzene rings is 2. The Labute approximate surface area is 177 Å². The summed E-state index contributed by atoms with van der Waals surface area (Å²) in [6, 6.07) is 10.1. The van der Waals surface area contributed by atoms with Crippen molar-refractivity contribution in [1.29, 1.82) is 0 Å². The molecule has 5 nitrogen and oxygen atoms in total. The van der Waals surface area contributed by atoms with Gasteiger partial charge in [0, 0.05) is 11.5 Å². The molecule has 2 aromatic carbocycles. The number of alkyl halides is 3. The van der Waals surface area contributed by atoms with E-state index in [9.17, 15) is 23.1 Å². The van der Waals surface area contributed by atoms with Crippen LogP contribution in [0.1, 0.15) is 29.5 Å². The van der Waals surface area contributed by atoms with Gasteiger partial charge in [-0.25, -0.2) is 4.79 Å². The van der Waals surface area contributed by atoms with E-state index in [-0.39, 0.29) is 30.3 Å². The highest BCUT2D eigenvalue weighted by atomic mass is 19.4. The molecule has 0 spiro atoms. The second-order valence-electron chi connectivity index (χ2n) is 7.67. The molecule has 2 aromatic rings. The third-order valence-electron chi connectivity index (χ3n) is 5.45. The topological polar surface area (TPSA) is 61.8 Å². The van der Waals surface area contributed by atoms with Crippen LogP contribution in [0, 0.1) is 17.8 Å². The Morgan fingerprint density at radius 2 is 1.87 bits per heavy atom. The van der Waals surface area contributed by atoms with Crippen molar-refractivity contribution in [3.8, 4) is 17.6 Å². The molecule has 0 aromatic heterocycles. The largest absolute Gasteiger partial charge is 0.497 e. The third-order valence-corrected chi connectivity index (χ3v) is 5.45. The molecule has 0 radical (unpaired) electrons. The number of nitrogens with one attached hydrogen (secondary N) is 1.